The van der Waals surface area contributed by atoms with Crippen molar-refractivity contribution in [2.24, 2.45) is 0 Å². The first kappa shape index (κ1) is 12.1. The van der Waals surface area contributed by atoms with Gasteiger partial charge in [0.2, 0.25) is 0 Å². The normalized spacial score (nSPS) is 10.6. The summed E-state index contributed by atoms with van der Waals surface area (Å²) in [6, 6.07) is 5.14. The van der Waals surface area contributed by atoms with E-state index in [1.54, 1.807) is 12.1 Å². The smallest absolute Gasteiger partial charge is 0.123 e. The second-order valence-electron chi connectivity index (χ2n) is 3.77. The van der Waals surface area contributed by atoms with Gasteiger partial charge in [-0.25, -0.2) is 4.39 Å². The van der Waals surface area contributed by atoms with Gasteiger partial charge in [-0.1, -0.05) is 6.07 Å². The molecule has 2 nitrogen and oxygen atoms in total. The van der Waals surface area contributed by atoms with Gasteiger partial charge in [0.1, 0.15) is 5.82 Å². The average molecular weight is 210 g/mol. The predicted octanol–water partition coefficient (Wildman–Crippen LogP) is 1.83. The summed E-state index contributed by atoms with van der Waals surface area (Å²) >= 11 is 0. The van der Waals surface area contributed by atoms with E-state index in [0.717, 1.165) is 37.2 Å². The van der Waals surface area contributed by atoms with E-state index in [1.807, 2.05) is 20.0 Å². The molecule has 0 saturated heterocycles. The molecule has 1 rings (SSSR count). The summed E-state index contributed by atoms with van der Waals surface area (Å²) < 4.78 is 13.0. The summed E-state index contributed by atoms with van der Waals surface area (Å²) in [5.74, 6) is -0.151. The minimum absolute atomic E-state index is 0.151. The lowest BCUT2D eigenvalue weighted by Crippen LogP contribution is -2.19. The third kappa shape index (κ3) is 4.91. The fraction of sp³-hybridized carbons (Fsp3) is 0.500. The van der Waals surface area contributed by atoms with Crippen LogP contribution in [0.5, 0.6) is 0 Å². The average Bonchev–Trinajstić information content (AvgIpc) is 2.16. The number of rotatable bonds is 6. The summed E-state index contributed by atoms with van der Waals surface area (Å²) in [7, 11) is 1.94. The van der Waals surface area contributed by atoms with Gasteiger partial charge in [-0.2, -0.15) is 0 Å². The maximum atomic E-state index is 13.0. The quantitative estimate of drug-likeness (QED) is 0.700. The van der Waals surface area contributed by atoms with Gasteiger partial charge in [0, 0.05) is 6.54 Å². The van der Waals surface area contributed by atoms with Crippen molar-refractivity contribution in [2.45, 2.75) is 19.9 Å². The molecule has 15 heavy (non-hydrogen) atoms. The highest BCUT2D eigenvalue weighted by Crippen LogP contribution is 2.07. The Bertz CT molecular complexity index is 279. The van der Waals surface area contributed by atoms with Crippen LogP contribution in [0.2, 0.25) is 0 Å². The van der Waals surface area contributed by atoms with Crippen molar-refractivity contribution in [3.05, 3.63) is 35.1 Å². The first-order valence-electron chi connectivity index (χ1n) is 5.34. The van der Waals surface area contributed by atoms with Crippen LogP contribution in [0.25, 0.3) is 0 Å². The Balaban J connectivity index is 2.31. The molecular weight excluding hydrogens is 191 g/mol. The van der Waals surface area contributed by atoms with Gasteiger partial charge in [-0.15, -0.1) is 0 Å². The van der Waals surface area contributed by atoms with E-state index < -0.39 is 0 Å². The van der Waals surface area contributed by atoms with Gasteiger partial charge in [0.05, 0.1) is 0 Å². The lowest BCUT2D eigenvalue weighted by molar-refractivity contribution is 0.608. The molecule has 0 fully saturated rings. The van der Waals surface area contributed by atoms with Crippen LogP contribution < -0.4 is 10.6 Å². The maximum absolute atomic E-state index is 13.0. The molecule has 0 aliphatic heterocycles. The Morgan fingerprint density at radius 2 is 2.00 bits per heavy atom. The molecule has 1 aromatic carbocycles. The van der Waals surface area contributed by atoms with Crippen LogP contribution in [0.3, 0.4) is 0 Å². The van der Waals surface area contributed by atoms with Gasteiger partial charge >= 0.3 is 0 Å². The summed E-state index contributed by atoms with van der Waals surface area (Å²) in [6.45, 7) is 4.61. The van der Waals surface area contributed by atoms with Crippen LogP contribution >= 0.6 is 0 Å². The molecule has 0 aliphatic carbocycles. The van der Waals surface area contributed by atoms with Crippen molar-refractivity contribution in [3.63, 3.8) is 0 Å². The van der Waals surface area contributed by atoms with Crippen LogP contribution in [0, 0.1) is 12.7 Å². The summed E-state index contributed by atoms with van der Waals surface area (Å²) in [6.07, 6.45) is 1.09. The monoisotopic (exact) mass is 210 g/mol. The second-order valence-corrected chi connectivity index (χ2v) is 3.77. The van der Waals surface area contributed by atoms with Gasteiger partial charge in [-0.3, -0.25) is 0 Å². The van der Waals surface area contributed by atoms with Crippen molar-refractivity contribution in [1.29, 1.82) is 0 Å². The lowest BCUT2D eigenvalue weighted by Gasteiger charge is -2.06. The van der Waals surface area contributed by atoms with Crippen LogP contribution in [0.15, 0.2) is 18.2 Å². The van der Waals surface area contributed by atoms with Crippen LogP contribution in [0.1, 0.15) is 17.5 Å². The third-order valence-corrected chi connectivity index (χ3v) is 2.21. The van der Waals surface area contributed by atoms with Crippen molar-refractivity contribution < 1.29 is 4.39 Å². The van der Waals surface area contributed by atoms with E-state index in [2.05, 4.69) is 10.6 Å². The number of halogens is 1. The molecule has 0 aliphatic rings. The van der Waals surface area contributed by atoms with Gasteiger partial charge in [0.25, 0.3) is 0 Å². The second kappa shape index (κ2) is 6.53. The third-order valence-electron chi connectivity index (χ3n) is 2.21. The molecule has 0 amide bonds. The van der Waals surface area contributed by atoms with E-state index in [1.165, 1.54) is 0 Å². The zero-order chi connectivity index (χ0) is 11.1. The van der Waals surface area contributed by atoms with Gasteiger partial charge in [0.15, 0.2) is 0 Å². The molecule has 1 aromatic rings. The molecule has 0 heterocycles. The van der Waals surface area contributed by atoms with Crippen molar-refractivity contribution in [2.75, 3.05) is 20.1 Å². The molecule has 0 unspecified atom stereocenters. The SMILES string of the molecule is CNCCCNCc1cc(C)cc(F)c1. The number of benzene rings is 1. The molecule has 0 saturated carbocycles. The standard InChI is InChI=1S/C12H19FN2/c1-10-6-11(8-12(13)7-10)9-15-5-3-4-14-2/h6-8,14-15H,3-5,9H2,1-2H3. The summed E-state index contributed by atoms with van der Waals surface area (Å²) in [5.41, 5.74) is 1.99. The maximum Gasteiger partial charge on any atom is 0.123 e. The van der Waals surface area contributed by atoms with Crippen LogP contribution in [-0.2, 0) is 6.54 Å². The zero-order valence-electron chi connectivity index (χ0n) is 9.44. The number of hydrogen-bond acceptors (Lipinski definition) is 2. The number of nitrogens with one attached hydrogen (secondary N) is 2. The predicted molar refractivity (Wildman–Crippen MR) is 61.4 cm³/mol. The van der Waals surface area contributed by atoms with E-state index in [0.29, 0.717) is 0 Å². The first-order chi connectivity index (χ1) is 7.22. The molecule has 3 heteroatoms. The Labute approximate surface area is 90.9 Å². The molecule has 0 atom stereocenters. The van der Waals surface area contributed by atoms with Crippen LogP contribution in [0.4, 0.5) is 4.39 Å². The molecule has 0 radical (unpaired) electrons. The fourth-order valence-electron chi connectivity index (χ4n) is 1.54. The Kier molecular flexibility index (Phi) is 5.29. The van der Waals surface area contributed by atoms with E-state index in [4.69, 9.17) is 0 Å². The molecule has 0 aromatic heterocycles. The number of hydrogen-bond donors (Lipinski definition) is 2. The minimum atomic E-state index is -0.151. The van der Waals surface area contributed by atoms with Crippen LogP contribution in [-0.4, -0.2) is 20.1 Å². The molecular formula is C12H19FN2. The zero-order valence-corrected chi connectivity index (χ0v) is 9.44. The Morgan fingerprint density at radius 3 is 2.67 bits per heavy atom. The highest BCUT2D eigenvalue weighted by Gasteiger charge is 1.97. The fourth-order valence-corrected chi connectivity index (χ4v) is 1.54. The topological polar surface area (TPSA) is 24.1 Å². The van der Waals surface area contributed by atoms with E-state index in [9.17, 15) is 4.39 Å². The largest absolute Gasteiger partial charge is 0.320 e. The van der Waals surface area contributed by atoms with Gasteiger partial charge < -0.3 is 10.6 Å². The van der Waals surface area contributed by atoms with E-state index in [-0.39, 0.29) is 5.82 Å². The van der Waals surface area contributed by atoms with Crippen molar-refractivity contribution in [1.82, 2.24) is 10.6 Å². The van der Waals surface area contributed by atoms with E-state index >= 15 is 0 Å². The van der Waals surface area contributed by atoms with Gasteiger partial charge in [-0.05, 0) is 56.7 Å². The summed E-state index contributed by atoms with van der Waals surface area (Å²) in [5, 5.41) is 6.37. The lowest BCUT2D eigenvalue weighted by atomic mass is 10.1. The Hall–Kier alpha value is -0.930. The molecule has 84 valence electrons. The molecule has 0 bridgehead atoms. The highest BCUT2D eigenvalue weighted by molar-refractivity contribution is 5.23. The van der Waals surface area contributed by atoms with Crippen molar-refractivity contribution in [3.8, 4) is 0 Å². The number of aryl methyl sites for hydroxylation is 1. The first-order valence-corrected chi connectivity index (χ1v) is 5.34. The highest BCUT2D eigenvalue weighted by atomic mass is 19.1. The molecule has 0 spiro atoms. The Morgan fingerprint density at radius 1 is 1.20 bits per heavy atom. The minimum Gasteiger partial charge on any atom is -0.320 e. The molecule has 2 N–H and O–H groups in total. The summed E-state index contributed by atoms with van der Waals surface area (Å²) in [4.78, 5) is 0. The van der Waals surface area contributed by atoms with Crippen molar-refractivity contribution >= 4 is 0 Å².